The molecular weight excluding hydrogens is 372 g/mol. The van der Waals surface area contributed by atoms with Gasteiger partial charge >= 0.3 is 0 Å². The van der Waals surface area contributed by atoms with Gasteiger partial charge in [-0.2, -0.15) is 0 Å². The molecule has 0 unspecified atom stereocenters. The molecule has 1 N–H and O–H groups in total. The number of amides is 1. The first-order valence-corrected chi connectivity index (χ1v) is 8.81. The third kappa shape index (κ3) is 4.06. The van der Waals surface area contributed by atoms with Crippen LogP contribution in [0.3, 0.4) is 0 Å². The molecule has 0 aliphatic rings. The average Bonchev–Trinajstić information content (AvgIpc) is 3.11. The van der Waals surface area contributed by atoms with Crippen LogP contribution < -0.4 is 10.1 Å². The zero-order chi connectivity index (χ0) is 20.2. The molecule has 29 heavy (non-hydrogen) atoms. The SMILES string of the molecule is O=C(Cn1cnc2cccc([N+](=O)[O-])c21)Nc1cccc(Oc2ccccc2)c1. The summed E-state index contributed by atoms with van der Waals surface area (Å²) in [5.74, 6) is 0.935. The van der Waals surface area contributed by atoms with Crippen LogP contribution in [0.25, 0.3) is 11.0 Å². The van der Waals surface area contributed by atoms with Crippen LogP contribution in [0, 0.1) is 10.1 Å². The third-order valence-electron chi connectivity index (χ3n) is 4.22. The van der Waals surface area contributed by atoms with Crippen LogP contribution >= 0.6 is 0 Å². The molecule has 0 radical (unpaired) electrons. The number of nitrogens with one attached hydrogen (secondary N) is 1. The van der Waals surface area contributed by atoms with Gasteiger partial charge in [-0.15, -0.1) is 0 Å². The lowest BCUT2D eigenvalue weighted by Gasteiger charge is -2.10. The highest BCUT2D eigenvalue weighted by atomic mass is 16.6. The smallest absolute Gasteiger partial charge is 0.295 e. The number of fused-ring (bicyclic) bond motifs is 1. The van der Waals surface area contributed by atoms with Gasteiger partial charge in [0.05, 0.1) is 16.8 Å². The van der Waals surface area contributed by atoms with E-state index in [1.54, 1.807) is 36.4 Å². The number of hydrogen-bond donors (Lipinski definition) is 1. The molecule has 1 amide bonds. The summed E-state index contributed by atoms with van der Waals surface area (Å²) in [5, 5.41) is 14.1. The molecule has 0 fully saturated rings. The van der Waals surface area contributed by atoms with E-state index in [2.05, 4.69) is 10.3 Å². The molecule has 0 aliphatic carbocycles. The lowest BCUT2D eigenvalue weighted by atomic mass is 10.2. The molecule has 8 heteroatoms. The van der Waals surface area contributed by atoms with E-state index in [9.17, 15) is 14.9 Å². The van der Waals surface area contributed by atoms with Gasteiger partial charge in [0.25, 0.3) is 5.69 Å². The Morgan fingerprint density at radius 3 is 2.59 bits per heavy atom. The predicted octanol–water partition coefficient (Wildman–Crippen LogP) is 4.38. The normalized spacial score (nSPS) is 10.6. The summed E-state index contributed by atoms with van der Waals surface area (Å²) in [6.45, 7) is -0.106. The zero-order valence-electron chi connectivity index (χ0n) is 15.2. The maximum absolute atomic E-state index is 12.5. The van der Waals surface area contributed by atoms with Crippen LogP contribution in [-0.2, 0) is 11.3 Å². The molecular formula is C21H16N4O4. The van der Waals surface area contributed by atoms with Crippen molar-refractivity contribution in [2.75, 3.05) is 5.32 Å². The molecule has 4 rings (SSSR count). The van der Waals surface area contributed by atoms with Crippen molar-refractivity contribution >= 4 is 28.3 Å². The second kappa shape index (κ2) is 7.81. The van der Waals surface area contributed by atoms with Crippen molar-refractivity contribution in [3.05, 3.63) is 89.2 Å². The van der Waals surface area contributed by atoms with Crippen molar-refractivity contribution in [3.63, 3.8) is 0 Å². The number of nitro groups is 1. The standard InChI is InChI=1S/C21H16N4O4/c26-20(13-24-14-22-18-10-5-11-19(21(18)24)25(27)28)23-15-6-4-9-17(12-15)29-16-7-2-1-3-8-16/h1-12,14H,13H2,(H,23,26). The summed E-state index contributed by atoms with van der Waals surface area (Å²) in [4.78, 5) is 27.4. The number of para-hydroxylation sites is 2. The quantitative estimate of drug-likeness (QED) is 0.390. The number of benzene rings is 3. The van der Waals surface area contributed by atoms with E-state index in [0.717, 1.165) is 0 Å². The van der Waals surface area contributed by atoms with E-state index in [0.29, 0.717) is 28.2 Å². The van der Waals surface area contributed by atoms with Gasteiger partial charge in [-0.3, -0.25) is 14.9 Å². The fraction of sp³-hybridized carbons (Fsp3) is 0.0476. The minimum atomic E-state index is -0.483. The molecule has 0 saturated carbocycles. The number of rotatable bonds is 6. The Balaban J connectivity index is 1.50. The summed E-state index contributed by atoms with van der Waals surface area (Å²) in [6, 6.07) is 20.9. The van der Waals surface area contributed by atoms with Gasteiger partial charge in [-0.05, 0) is 30.3 Å². The lowest BCUT2D eigenvalue weighted by molar-refractivity contribution is -0.383. The van der Waals surface area contributed by atoms with Gasteiger partial charge in [-0.25, -0.2) is 4.98 Å². The van der Waals surface area contributed by atoms with E-state index < -0.39 is 4.92 Å². The number of aromatic nitrogens is 2. The van der Waals surface area contributed by atoms with E-state index in [-0.39, 0.29) is 18.1 Å². The second-order valence-corrected chi connectivity index (χ2v) is 6.27. The van der Waals surface area contributed by atoms with E-state index in [1.807, 2.05) is 30.3 Å². The second-order valence-electron chi connectivity index (χ2n) is 6.27. The number of carbonyl (C=O) groups excluding carboxylic acids is 1. The molecule has 4 aromatic rings. The van der Waals surface area contributed by atoms with Crippen LogP contribution in [-0.4, -0.2) is 20.4 Å². The van der Waals surface area contributed by atoms with Gasteiger partial charge < -0.3 is 14.6 Å². The number of nitrogens with zero attached hydrogens (tertiary/aromatic N) is 3. The number of nitro benzene ring substituents is 1. The highest BCUT2D eigenvalue weighted by molar-refractivity contribution is 5.93. The molecule has 3 aromatic carbocycles. The van der Waals surface area contributed by atoms with Crippen molar-refractivity contribution in [1.82, 2.24) is 9.55 Å². The van der Waals surface area contributed by atoms with Gasteiger partial charge in [0.1, 0.15) is 23.6 Å². The number of hydrogen-bond acceptors (Lipinski definition) is 5. The summed E-state index contributed by atoms with van der Waals surface area (Å²) >= 11 is 0. The minimum absolute atomic E-state index is 0.0916. The fourth-order valence-corrected chi connectivity index (χ4v) is 2.99. The largest absolute Gasteiger partial charge is 0.457 e. The summed E-state index contributed by atoms with van der Waals surface area (Å²) < 4.78 is 7.23. The Morgan fingerprint density at radius 2 is 1.79 bits per heavy atom. The van der Waals surface area contributed by atoms with Crippen LogP contribution in [0.4, 0.5) is 11.4 Å². The molecule has 0 atom stereocenters. The van der Waals surface area contributed by atoms with E-state index in [1.165, 1.54) is 17.0 Å². The Kier molecular flexibility index (Phi) is 4.90. The summed E-state index contributed by atoms with van der Waals surface area (Å²) in [5.41, 5.74) is 1.24. The van der Waals surface area contributed by atoms with Gasteiger partial charge in [0.15, 0.2) is 0 Å². The number of carbonyl (C=O) groups is 1. The Bertz CT molecular complexity index is 1190. The van der Waals surface area contributed by atoms with Gasteiger partial charge in [-0.1, -0.05) is 30.3 Å². The number of anilines is 1. The fourth-order valence-electron chi connectivity index (χ4n) is 2.99. The minimum Gasteiger partial charge on any atom is -0.457 e. The molecule has 0 aliphatic heterocycles. The van der Waals surface area contributed by atoms with Crippen LogP contribution in [0.2, 0.25) is 0 Å². The van der Waals surface area contributed by atoms with Crippen molar-refractivity contribution in [2.24, 2.45) is 0 Å². The number of non-ortho nitro benzene ring substituents is 1. The topological polar surface area (TPSA) is 99.3 Å². The zero-order valence-corrected chi connectivity index (χ0v) is 15.2. The van der Waals surface area contributed by atoms with Gasteiger partial charge in [0.2, 0.25) is 5.91 Å². The van der Waals surface area contributed by atoms with Crippen molar-refractivity contribution in [2.45, 2.75) is 6.54 Å². The van der Waals surface area contributed by atoms with Crippen molar-refractivity contribution in [1.29, 1.82) is 0 Å². The first-order valence-electron chi connectivity index (χ1n) is 8.81. The molecule has 0 bridgehead atoms. The molecule has 144 valence electrons. The Morgan fingerprint density at radius 1 is 1.03 bits per heavy atom. The van der Waals surface area contributed by atoms with Crippen LogP contribution in [0.5, 0.6) is 11.5 Å². The molecule has 1 heterocycles. The van der Waals surface area contributed by atoms with Crippen LogP contribution in [0.1, 0.15) is 0 Å². The van der Waals surface area contributed by atoms with E-state index >= 15 is 0 Å². The highest BCUT2D eigenvalue weighted by Gasteiger charge is 2.18. The van der Waals surface area contributed by atoms with Crippen molar-refractivity contribution < 1.29 is 14.5 Å². The highest BCUT2D eigenvalue weighted by Crippen LogP contribution is 2.26. The summed E-state index contributed by atoms with van der Waals surface area (Å²) in [6.07, 6.45) is 1.42. The van der Waals surface area contributed by atoms with Crippen LogP contribution in [0.15, 0.2) is 79.1 Å². The predicted molar refractivity (Wildman–Crippen MR) is 108 cm³/mol. The maximum atomic E-state index is 12.5. The maximum Gasteiger partial charge on any atom is 0.295 e. The Labute approximate surface area is 165 Å². The van der Waals surface area contributed by atoms with E-state index in [4.69, 9.17) is 4.74 Å². The first-order chi connectivity index (χ1) is 14.1. The lowest BCUT2D eigenvalue weighted by Crippen LogP contribution is -2.18. The number of ether oxygens (including phenoxy) is 1. The molecule has 8 nitrogen and oxygen atoms in total. The van der Waals surface area contributed by atoms with Gasteiger partial charge in [0, 0.05) is 17.8 Å². The first kappa shape index (κ1) is 18.2. The third-order valence-corrected chi connectivity index (χ3v) is 4.22. The average molecular weight is 388 g/mol. The molecule has 1 aromatic heterocycles. The molecule has 0 spiro atoms. The van der Waals surface area contributed by atoms with Crippen molar-refractivity contribution in [3.8, 4) is 11.5 Å². The summed E-state index contributed by atoms with van der Waals surface area (Å²) in [7, 11) is 0. The molecule has 0 saturated heterocycles. The Hall–Kier alpha value is -4.20. The monoisotopic (exact) mass is 388 g/mol. The number of imidazole rings is 1.